The fourth-order valence-electron chi connectivity index (χ4n) is 6.32. The first-order chi connectivity index (χ1) is 17.2. The minimum absolute atomic E-state index is 0.491. The molecule has 3 aliphatic rings. The fraction of sp³-hybridized carbons (Fsp3) is 0.464. The van der Waals surface area contributed by atoms with Crippen molar-refractivity contribution < 1.29 is 0 Å². The number of nitriles is 1. The van der Waals surface area contributed by atoms with E-state index in [-0.39, 0.29) is 0 Å². The molecule has 6 rings (SSSR count). The Morgan fingerprint density at radius 3 is 2.69 bits per heavy atom. The Hall–Kier alpha value is -3.21. The third-order valence-electron chi connectivity index (χ3n) is 8.13. The van der Waals surface area contributed by atoms with Crippen LogP contribution in [0.4, 0.5) is 11.5 Å². The average Bonchev–Trinajstić information content (AvgIpc) is 2.92. The van der Waals surface area contributed by atoms with E-state index in [9.17, 15) is 5.26 Å². The van der Waals surface area contributed by atoms with Gasteiger partial charge < -0.3 is 15.1 Å². The lowest BCUT2D eigenvalue weighted by atomic mass is 9.83. The summed E-state index contributed by atoms with van der Waals surface area (Å²) in [5.41, 5.74) is 4.02. The number of fused-ring (bicyclic) bond motifs is 2. The smallest absolute Gasteiger partial charge is 0.128 e. The molecule has 180 valence electrons. The number of aromatic nitrogens is 2. The first-order valence-electron chi connectivity index (χ1n) is 12.9. The molecule has 2 aromatic heterocycles. The van der Waals surface area contributed by atoms with Crippen molar-refractivity contribution in [3.05, 3.63) is 59.9 Å². The van der Waals surface area contributed by atoms with Gasteiger partial charge in [-0.15, -0.1) is 0 Å². The molecular formula is C28H33N7. The van der Waals surface area contributed by atoms with Crippen LogP contribution in [0.1, 0.15) is 36.8 Å². The van der Waals surface area contributed by atoms with E-state index in [0.717, 1.165) is 69.0 Å². The van der Waals surface area contributed by atoms with Gasteiger partial charge in [0.1, 0.15) is 11.9 Å². The van der Waals surface area contributed by atoms with Crippen LogP contribution in [0.15, 0.2) is 48.8 Å². The molecule has 35 heavy (non-hydrogen) atoms. The molecule has 1 N–H and O–H groups in total. The molecule has 3 atom stereocenters. The van der Waals surface area contributed by atoms with Crippen molar-refractivity contribution in [3.63, 3.8) is 0 Å². The van der Waals surface area contributed by atoms with Gasteiger partial charge in [-0.2, -0.15) is 5.26 Å². The molecule has 0 amide bonds. The molecule has 0 radical (unpaired) electrons. The number of nitrogens with zero attached hydrogens (tertiary/aromatic N) is 6. The maximum atomic E-state index is 9.54. The van der Waals surface area contributed by atoms with Gasteiger partial charge in [0, 0.05) is 74.8 Å². The Labute approximate surface area is 207 Å². The molecule has 3 unspecified atom stereocenters. The van der Waals surface area contributed by atoms with E-state index in [0.29, 0.717) is 23.6 Å². The van der Waals surface area contributed by atoms with E-state index >= 15 is 0 Å². The zero-order chi connectivity index (χ0) is 23.8. The normalized spacial score (nSPS) is 25.3. The number of pyridine rings is 2. The van der Waals surface area contributed by atoms with Crippen LogP contribution in [0.25, 0.3) is 10.9 Å². The van der Waals surface area contributed by atoms with Crippen molar-refractivity contribution >= 4 is 22.4 Å². The Kier molecular flexibility index (Phi) is 6.01. The van der Waals surface area contributed by atoms with Gasteiger partial charge in [0.2, 0.25) is 0 Å². The highest BCUT2D eigenvalue weighted by molar-refractivity contribution is 5.95. The number of hydrogen-bond acceptors (Lipinski definition) is 7. The van der Waals surface area contributed by atoms with E-state index < -0.39 is 0 Å². The predicted octanol–water partition coefficient (Wildman–Crippen LogP) is 3.37. The van der Waals surface area contributed by atoms with Crippen LogP contribution >= 0.6 is 0 Å². The fourth-order valence-corrected chi connectivity index (χ4v) is 6.32. The first kappa shape index (κ1) is 22.3. The lowest BCUT2D eigenvalue weighted by Crippen LogP contribution is -2.60. The molecule has 0 bridgehead atoms. The van der Waals surface area contributed by atoms with Crippen LogP contribution in [0.2, 0.25) is 0 Å². The third kappa shape index (κ3) is 4.22. The van der Waals surface area contributed by atoms with Crippen LogP contribution in [0.5, 0.6) is 0 Å². The summed E-state index contributed by atoms with van der Waals surface area (Å²) in [4.78, 5) is 17.0. The second-order valence-corrected chi connectivity index (χ2v) is 10.2. The summed E-state index contributed by atoms with van der Waals surface area (Å²) < 4.78 is 0. The summed E-state index contributed by atoms with van der Waals surface area (Å²) in [5.74, 6) is 1.65. The molecule has 0 spiro atoms. The monoisotopic (exact) mass is 467 g/mol. The van der Waals surface area contributed by atoms with E-state index in [4.69, 9.17) is 4.98 Å². The molecule has 3 fully saturated rings. The summed E-state index contributed by atoms with van der Waals surface area (Å²) in [7, 11) is 0. The third-order valence-corrected chi connectivity index (χ3v) is 8.13. The average molecular weight is 468 g/mol. The largest absolute Gasteiger partial charge is 0.368 e. The minimum Gasteiger partial charge on any atom is -0.368 e. The molecule has 3 saturated heterocycles. The van der Waals surface area contributed by atoms with Crippen LogP contribution in [0, 0.1) is 11.3 Å². The van der Waals surface area contributed by atoms with Crippen molar-refractivity contribution in [1.29, 1.82) is 5.26 Å². The van der Waals surface area contributed by atoms with Gasteiger partial charge in [0.15, 0.2) is 0 Å². The SMILES string of the molecule is CC1CN(c2ccc(C#N)c3ncccc23)CC2CC(c3ccc(N4CCNCC4)nc3)CCN12. The molecule has 1 aromatic carbocycles. The highest BCUT2D eigenvalue weighted by atomic mass is 15.3. The van der Waals surface area contributed by atoms with Crippen LogP contribution in [-0.2, 0) is 0 Å². The molecular weight excluding hydrogens is 434 g/mol. The van der Waals surface area contributed by atoms with Crippen LogP contribution in [0.3, 0.4) is 0 Å². The standard InChI is InChI=1S/C28H33N7/c1-20-18-34(26-6-4-22(16-29)28-25(26)3-2-9-31-28)19-24-15-21(8-12-35(20)24)23-5-7-27(32-17-23)33-13-10-30-11-14-33/h2-7,9,17,20-21,24,30H,8,10-15,18-19H2,1H3. The zero-order valence-corrected chi connectivity index (χ0v) is 20.4. The van der Waals surface area contributed by atoms with Crippen LogP contribution in [-0.4, -0.2) is 72.8 Å². The van der Waals surface area contributed by atoms with Gasteiger partial charge >= 0.3 is 0 Å². The molecule has 5 heterocycles. The van der Waals surface area contributed by atoms with Gasteiger partial charge in [-0.3, -0.25) is 9.88 Å². The quantitative estimate of drug-likeness (QED) is 0.633. The maximum Gasteiger partial charge on any atom is 0.128 e. The Morgan fingerprint density at radius 2 is 1.89 bits per heavy atom. The van der Waals surface area contributed by atoms with Gasteiger partial charge in [-0.1, -0.05) is 6.07 Å². The highest BCUT2D eigenvalue weighted by Gasteiger charge is 2.37. The lowest BCUT2D eigenvalue weighted by Gasteiger charge is -2.50. The number of piperazine rings is 2. The number of anilines is 2. The second kappa shape index (κ2) is 9.44. The number of nitrogens with one attached hydrogen (secondary N) is 1. The summed E-state index contributed by atoms with van der Waals surface area (Å²) in [6, 6.07) is 16.0. The summed E-state index contributed by atoms with van der Waals surface area (Å²) in [5, 5.41) is 14.0. The van der Waals surface area contributed by atoms with Crippen LogP contribution < -0.4 is 15.1 Å². The topological polar surface area (TPSA) is 71.3 Å². The summed E-state index contributed by atoms with van der Waals surface area (Å²) >= 11 is 0. The molecule has 7 heteroatoms. The molecule has 3 aromatic rings. The first-order valence-corrected chi connectivity index (χ1v) is 12.9. The zero-order valence-electron chi connectivity index (χ0n) is 20.4. The Bertz CT molecular complexity index is 1230. The van der Waals surface area contributed by atoms with Crippen molar-refractivity contribution in [2.45, 2.75) is 37.8 Å². The van der Waals surface area contributed by atoms with E-state index in [1.54, 1.807) is 6.20 Å². The number of benzene rings is 1. The predicted molar refractivity (Wildman–Crippen MR) is 140 cm³/mol. The van der Waals surface area contributed by atoms with Crippen molar-refractivity contribution in [3.8, 4) is 6.07 Å². The second-order valence-electron chi connectivity index (χ2n) is 10.2. The number of rotatable bonds is 3. The summed E-state index contributed by atoms with van der Waals surface area (Å²) in [6.07, 6.45) is 6.25. The van der Waals surface area contributed by atoms with Gasteiger partial charge in [-0.05, 0) is 68.1 Å². The van der Waals surface area contributed by atoms with E-state index in [1.165, 1.54) is 17.7 Å². The van der Waals surface area contributed by atoms with Crippen molar-refractivity contribution in [2.24, 2.45) is 0 Å². The summed E-state index contributed by atoms with van der Waals surface area (Å²) in [6.45, 7) is 9.61. The molecule has 3 aliphatic heterocycles. The Balaban J connectivity index is 1.21. The van der Waals surface area contributed by atoms with Crippen molar-refractivity contribution in [1.82, 2.24) is 20.2 Å². The number of hydrogen-bond donors (Lipinski definition) is 1. The molecule has 0 saturated carbocycles. The molecule has 7 nitrogen and oxygen atoms in total. The van der Waals surface area contributed by atoms with Crippen molar-refractivity contribution in [2.75, 3.05) is 55.6 Å². The number of piperidine rings is 1. The lowest BCUT2D eigenvalue weighted by molar-refractivity contribution is 0.0765. The van der Waals surface area contributed by atoms with E-state index in [1.807, 2.05) is 12.1 Å². The van der Waals surface area contributed by atoms with E-state index in [2.05, 4.69) is 68.5 Å². The maximum absolute atomic E-state index is 9.54. The van der Waals surface area contributed by atoms with Gasteiger partial charge in [0.05, 0.1) is 11.1 Å². The molecule has 0 aliphatic carbocycles. The minimum atomic E-state index is 0.491. The Morgan fingerprint density at radius 1 is 1.00 bits per heavy atom. The van der Waals surface area contributed by atoms with Gasteiger partial charge in [0.25, 0.3) is 0 Å². The van der Waals surface area contributed by atoms with Gasteiger partial charge in [-0.25, -0.2) is 4.98 Å². The highest BCUT2D eigenvalue weighted by Crippen LogP contribution is 2.37.